The van der Waals surface area contributed by atoms with Crippen molar-refractivity contribution in [1.29, 1.82) is 0 Å². The molecule has 0 saturated heterocycles. The van der Waals surface area contributed by atoms with Crippen LogP contribution in [-0.4, -0.2) is 20.1 Å². The van der Waals surface area contributed by atoms with Crippen LogP contribution in [0.15, 0.2) is 23.1 Å². The molecule has 1 aromatic rings. The lowest BCUT2D eigenvalue weighted by Crippen LogP contribution is -2.12. The van der Waals surface area contributed by atoms with Gasteiger partial charge in [-0.15, -0.1) is 0 Å². The molecule has 0 bridgehead atoms. The highest BCUT2D eigenvalue weighted by Crippen LogP contribution is 2.13. The summed E-state index contributed by atoms with van der Waals surface area (Å²) < 4.78 is 22.1. The standard InChI is InChI=1S/C11H13NO3S/c1-9-8-11(16(12,14)15)6-5-10(9)4-2-3-7-13/h5-6,8,13H,3,7H2,1H3,(H2,12,14,15). The van der Waals surface area contributed by atoms with Crippen LogP contribution < -0.4 is 5.14 Å². The van der Waals surface area contributed by atoms with Gasteiger partial charge >= 0.3 is 0 Å². The van der Waals surface area contributed by atoms with Gasteiger partial charge in [-0.25, -0.2) is 13.6 Å². The van der Waals surface area contributed by atoms with E-state index in [0.29, 0.717) is 6.42 Å². The van der Waals surface area contributed by atoms with Gasteiger partial charge < -0.3 is 5.11 Å². The van der Waals surface area contributed by atoms with Gasteiger partial charge in [-0.1, -0.05) is 11.8 Å². The molecular weight excluding hydrogens is 226 g/mol. The van der Waals surface area contributed by atoms with Crippen LogP contribution in [0.3, 0.4) is 0 Å². The Balaban J connectivity index is 3.07. The van der Waals surface area contributed by atoms with E-state index in [0.717, 1.165) is 11.1 Å². The minimum Gasteiger partial charge on any atom is -0.395 e. The molecule has 5 heteroatoms. The molecule has 0 saturated carbocycles. The van der Waals surface area contributed by atoms with Gasteiger partial charge in [0.15, 0.2) is 0 Å². The van der Waals surface area contributed by atoms with E-state index in [1.54, 1.807) is 13.0 Å². The van der Waals surface area contributed by atoms with E-state index in [2.05, 4.69) is 11.8 Å². The highest BCUT2D eigenvalue weighted by molar-refractivity contribution is 7.89. The first-order valence-corrected chi connectivity index (χ1v) is 6.23. The lowest BCUT2D eigenvalue weighted by Gasteiger charge is -2.01. The largest absolute Gasteiger partial charge is 0.395 e. The number of aryl methyl sites for hydroxylation is 1. The Morgan fingerprint density at radius 3 is 2.62 bits per heavy atom. The van der Waals surface area contributed by atoms with Crippen molar-refractivity contribution in [1.82, 2.24) is 0 Å². The summed E-state index contributed by atoms with van der Waals surface area (Å²) in [7, 11) is -3.66. The van der Waals surface area contributed by atoms with Gasteiger partial charge in [0.25, 0.3) is 0 Å². The summed E-state index contributed by atoms with van der Waals surface area (Å²) in [5.74, 6) is 5.62. The molecule has 0 heterocycles. The highest BCUT2D eigenvalue weighted by Gasteiger charge is 2.08. The smallest absolute Gasteiger partial charge is 0.238 e. The fourth-order valence-corrected chi connectivity index (χ4v) is 1.77. The van der Waals surface area contributed by atoms with Crippen LogP contribution in [0.4, 0.5) is 0 Å². The van der Waals surface area contributed by atoms with Crippen LogP contribution in [0.25, 0.3) is 0 Å². The Morgan fingerprint density at radius 2 is 2.12 bits per heavy atom. The van der Waals surface area contributed by atoms with E-state index in [4.69, 9.17) is 10.2 Å². The number of hydrogen-bond donors (Lipinski definition) is 2. The summed E-state index contributed by atoms with van der Waals surface area (Å²) >= 11 is 0. The summed E-state index contributed by atoms with van der Waals surface area (Å²) in [4.78, 5) is 0.0812. The summed E-state index contributed by atoms with van der Waals surface area (Å²) in [5.41, 5.74) is 1.48. The number of primary sulfonamides is 1. The molecule has 16 heavy (non-hydrogen) atoms. The molecule has 0 unspecified atom stereocenters. The van der Waals surface area contributed by atoms with Gasteiger partial charge in [-0.05, 0) is 30.7 Å². The second-order valence-electron chi connectivity index (χ2n) is 3.30. The van der Waals surface area contributed by atoms with Crippen molar-refractivity contribution in [3.63, 3.8) is 0 Å². The lowest BCUT2D eigenvalue weighted by atomic mass is 10.1. The second-order valence-corrected chi connectivity index (χ2v) is 4.86. The maximum absolute atomic E-state index is 11.1. The molecule has 1 aromatic carbocycles. The van der Waals surface area contributed by atoms with Crippen LogP contribution in [0, 0.1) is 18.8 Å². The molecule has 0 atom stereocenters. The quantitative estimate of drug-likeness (QED) is 0.732. The predicted octanol–water partition coefficient (Wildman–Crippen LogP) is 0.376. The Labute approximate surface area is 95.2 Å². The SMILES string of the molecule is Cc1cc(S(N)(=O)=O)ccc1C#CCCO. The molecule has 0 amide bonds. The van der Waals surface area contributed by atoms with Gasteiger partial charge in [0.05, 0.1) is 11.5 Å². The molecular formula is C11H13NO3S. The molecule has 0 aromatic heterocycles. The second kappa shape index (κ2) is 5.12. The van der Waals surface area contributed by atoms with E-state index >= 15 is 0 Å². The van der Waals surface area contributed by atoms with Gasteiger partial charge in [-0.2, -0.15) is 0 Å². The van der Waals surface area contributed by atoms with Crippen LogP contribution in [0.5, 0.6) is 0 Å². The Bertz CT molecular complexity index is 538. The van der Waals surface area contributed by atoms with Crippen LogP contribution in [-0.2, 0) is 10.0 Å². The zero-order valence-corrected chi connectivity index (χ0v) is 9.71. The van der Waals surface area contributed by atoms with Crippen molar-refractivity contribution in [3.05, 3.63) is 29.3 Å². The fraction of sp³-hybridized carbons (Fsp3) is 0.273. The first kappa shape index (κ1) is 12.7. The lowest BCUT2D eigenvalue weighted by molar-refractivity contribution is 0.305. The van der Waals surface area contributed by atoms with Crippen molar-refractivity contribution >= 4 is 10.0 Å². The molecule has 0 spiro atoms. The third-order valence-electron chi connectivity index (χ3n) is 1.99. The predicted molar refractivity (Wildman–Crippen MR) is 61.1 cm³/mol. The summed E-state index contributed by atoms with van der Waals surface area (Å²) in [6, 6.07) is 4.52. The van der Waals surface area contributed by atoms with E-state index in [9.17, 15) is 8.42 Å². The number of hydrogen-bond acceptors (Lipinski definition) is 3. The van der Waals surface area contributed by atoms with Crippen molar-refractivity contribution in [2.24, 2.45) is 5.14 Å². The Morgan fingerprint density at radius 1 is 1.44 bits per heavy atom. The van der Waals surface area contributed by atoms with Gasteiger partial charge in [0, 0.05) is 12.0 Å². The Hall–Kier alpha value is -1.35. The zero-order valence-electron chi connectivity index (χ0n) is 8.90. The topological polar surface area (TPSA) is 80.4 Å². The average molecular weight is 239 g/mol. The van der Waals surface area contributed by atoms with Gasteiger partial charge in [0.1, 0.15) is 0 Å². The minimum atomic E-state index is -3.66. The van der Waals surface area contributed by atoms with Crippen molar-refractivity contribution in [2.75, 3.05) is 6.61 Å². The molecule has 1 rings (SSSR count). The summed E-state index contributed by atoms with van der Waals surface area (Å²) in [5, 5.41) is 13.6. The molecule has 86 valence electrons. The van der Waals surface area contributed by atoms with Crippen molar-refractivity contribution < 1.29 is 13.5 Å². The van der Waals surface area contributed by atoms with Gasteiger partial charge in [0.2, 0.25) is 10.0 Å². The van der Waals surface area contributed by atoms with Crippen LogP contribution in [0.1, 0.15) is 17.5 Å². The molecule has 0 aliphatic heterocycles. The number of nitrogens with two attached hydrogens (primary N) is 1. The molecule has 0 aliphatic carbocycles. The highest BCUT2D eigenvalue weighted by atomic mass is 32.2. The molecule has 4 nitrogen and oxygen atoms in total. The number of sulfonamides is 1. The summed E-state index contributed by atoms with van der Waals surface area (Å²) in [6.45, 7) is 1.78. The number of benzene rings is 1. The molecule has 0 aliphatic rings. The first-order chi connectivity index (χ1) is 7.45. The van der Waals surface area contributed by atoms with Crippen LogP contribution in [0.2, 0.25) is 0 Å². The molecule has 0 fully saturated rings. The monoisotopic (exact) mass is 239 g/mol. The third-order valence-corrected chi connectivity index (χ3v) is 2.90. The normalized spacial score (nSPS) is 10.7. The average Bonchev–Trinajstić information content (AvgIpc) is 2.19. The fourth-order valence-electron chi connectivity index (χ4n) is 1.17. The van der Waals surface area contributed by atoms with E-state index in [1.165, 1.54) is 12.1 Å². The third kappa shape index (κ3) is 3.35. The Kier molecular flexibility index (Phi) is 4.07. The van der Waals surface area contributed by atoms with E-state index in [-0.39, 0.29) is 11.5 Å². The number of aliphatic hydroxyl groups excluding tert-OH is 1. The minimum absolute atomic E-state index is 0.0152. The van der Waals surface area contributed by atoms with E-state index in [1.807, 2.05) is 0 Å². The molecule has 3 N–H and O–H groups in total. The van der Waals surface area contributed by atoms with E-state index < -0.39 is 10.0 Å². The number of aliphatic hydroxyl groups is 1. The molecule has 0 radical (unpaired) electrons. The maximum atomic E-state index is 11.1. The van der Waals surface area contributed by atoms with Crippen LogP contribution >= 0.6 is 0 Å². The zero-order chi connectivity index (χ0) is 12.2. The van der Waals surface area contributed by atoms with Gasteiger partial charge in [-0.3, -0.25) is 0 Å². The van der Waals surface area contributed by atoms with Crippen molar-refractivity contribution in [2.45, 2.75) is 18.2 Å². The first-order valence-electron chi connectivity index (χ1n) is 4.68. The maximum Gasteiger partial charge on any atom is 0.238 e. The van der Waals surface area contributed by atoms with Crippen molar-refractivity contribution in [3.8, 4) is 11.8 Å². The number of rotatable bonds is 2. The summed E-state index contributed by atoms with van der Waals surface area (Å²) in [6.07, 6.45) is 0.399.